The fourth-order valence-corrected chi connectivity index (χ4v) is 1.40. The normalized spacial score (nSPS) is 9.56. The Morgan fingerprint density at radius 3 is 2.25 bits per heavy atom. The van der Waals surface area contributed by atoms with Gasteiger partial charge in [0, 0.05) is 5.56 Å². The van der Waals surface area contributed by atoms with Crippen molar-refractivity contribution >= 4 is 14.2 Å². The van der Waals surface area contributed by atoms with Gasteiger partial charge in [0.2, 0.25) is 5.91 Å². The van der Waals surface area contributed by atoms with Crippen LogP contribution in [0.5, 0.6) is 0 Å². The molecule has 0 saturated carbocycles. The molecule has 0 saturated heterocycles. The van der Waals surface area contributed by atoms with Crippen molar-refractivity contribution in [1.29, 1.82) is 0 Å². The van der Waals surface area contributed by atoms with Gasteiger partial charge in [-0.15, -0.1) is 0 Å². The van der Waals surface area contributed by atoms with Crippen LogP contribution in [0.2, 0.25) is 0 Å². The molecule has 0 radical (unpaired) electrons. The largest absolute Gasteiger partial charge is 0.366 e. The zero-order chi connectivity index (χ0) is 12.7. The summed E-state index contributed by atoms with van der Waals surface area (Å²) in [6.45, 7) is 4.01. The van der Waals surface area contributed by atoms with Crippen LogP contribution in [0, 0.1) is 6.92 Å². The molecular weight excluding hydrogens is 229 g/mol. The van der Waals surface area contributed by atoms with Crippen LogP contribution < -0.4 is 5.73 Å². The SMILES string of the molecule is CCc1c(C)cccc1C(N)=O.O=[PH](O)O. The minimum Gasteiger partial charge on any atom is -0.366 e. The number of hydrogen-bond acceptors (Lipinski definition) is 2. The van der Waals surface area contributed by atoms with Crippen LogP contribution in [0.25, 0.3) is 0 Å². The van der Waals surface area contributed by atoms with E-state index in [1.165, 1.54) is 0 Å². The topological polar surface area (TPSA) is 101 Å². The Labute approximate surface area is 94.9 Å². The average molecular weight is 245 g/mol. The molecule has 0 heterocycles. The Kier molecular flexibility index (Phi) is 6.65. The molecule has 0 aliphatic carbocycles. The van der Waals surface area contributed by atoms with Gasteiger partial charge >= 0.3 is 8.25 Å². The van der Waals surface area contributed by atoms with E-state index < -0.39 is 8.25 Å². The quantitative estimate of drug-likeness (QED) is 0.677. The van der Waals surface area contributed by atoms with E-state index in [4.69, 9.17) is 20.1 Å². The number of carbonyl (C=O) groups excluding carboxylic acids is 1. The zero-order valence-electron chi connectivity index (χ0n) is 9.23. The van der Waals surface area contributed by atoms with Gasteiger partial charge in [-0.1, -0.05) is 19.1 Å². The lowest BCUT2D eigenvalue weighted by molar-refractivity contribution is 0.0999. The van der Waals surface area contributed by atoms with E-state index in [0.29, 0.717) is 5.56 Å². The summed E-state index contributed by atoms with van der Waals surface area (Å²) in [5.74, 6) is -0.337. The summed E-state index contributed by atoms with van der Waals surface area (Å²) in [6.07, 6.45) is 0.852. The Balaban J connectivity index is 0.000000487. The van der Waals surface area contributed by atoms with Gasteiger partial charge in [0.1, 0.15) is 0 Å². The van der Waals surface area contributed by atoms with Crippen molar-refractivity contribution in [3.63, 3.8) is 0 Å². The van der Waals surface area contributed by atoms with Gasteiger partial charge in [-0.2, -0.15) is 0 Å². The van der Waals surface area contributed by atoms with Crippen LogP contribution in [0.1, 0.15) is 28.4 Å². The van der Waals surface area contributed by atoms with Crippen LogP contribution in [-0.2, 0) is 11.0 Å². The van der Waals surface area contributed by atoms with E-state index in [2.05, 4.69) is 0 Å². The van der Waals surface area contributed by atoms with E-state index in [1.54, 1.807) is 6.07 Å². The molecule has 5 nitrogen and oxygen atoms in total. The third-order valence-corrected chi connectivity index (χ3v) is 2.03. The molecule has 1 aromatic rings. The summed E-state index contributed by atoms with van der Waals surface area (Å²) in [5, 5.41) is 0. The molecule has 0 atom stereocenters. The summed E-state index contributed by atoms with van der Waals surface area (Å²) < 4.78 is 8.74. The zero-order valence-corrected chi connectivity index (χ0v) is 10.2. The molecule has 0 aliphatic heterocycles. The van der Waals surface area contributed by atoms with Gasteiger partial charge in [0.25, 0.3) is 0 Å². The van der Waals surface area contributed by atoms with Crippen LogP contribution in [0.15, 0.2) is 18.2 Å². The summed E-state index contributed by atoms with van der Waals surface area (Å²) in [7, 11) is -3.13. The summed E-state index contributed by atoms with van der Waals surface area (Å²) in [6, 6.07) is 5.62. The number of carbonyl (C=O) groups is 1. The molecule has 0 bridgehead atoms. The van der Waals surface area contributed by atoms with Crippen molar-refractivity contribution in [2.24, 2.45) is 5.73 Å². The van der Waals surface area contributed by atoms with E-state index in [-0.39, 0.29) is 5.91 Å². The van der Waals surface area contributed by atoms with E-state index in [9.17, 15) is 4.79 Å². The van der Waals surface area contributed by atoms with Gasteiger partial charge in [-0.05, 0) is 30.5 Å². The highest BCUT2D eigenvalue weighted by Crippen LogP contribution is 2.13. The lowest BCUT2D eigenvalue weighted by Crippen LogP contribution is -2.14. The van der Waals surface area contributed by atoms with Crippen LogP contribution in [-0.4, -0.2) is 15.7 Å². The molecule has 0 fully saturated rings. The smallest absolute Gasteiger partial charge is 0.314 e. The maximum Gasteiger partial charge on any atom is 0.314 e. The standard InChI is InChI=1S/C10H13NO.H3O3P/c1-3-8-7(2)5-4-6-9(8)10(11)12;1-4(2)3/h4-6H,3H2,1-2H3,(H2,11,12);4H,(H2,1,2,3). The Morgan fingerprint density at radius 2 is 1.94 bits per heavy atom. The van der Waals surface area contributed by atoms with E-state index >= 15 is 0 Å². The number of benzene rings is 1. The van der Waals surface area contributed by atoms with Crippen molar-refractivity contribution in [2.45, 2.75) is 20.3 Å². The molecule has 0 aromatic heterocycles. The van der Waals surface area contributed by atoms with Crippen molar-refractivity contribution in [3.05, 3.63) is 34.9 Å². The van der Waals surface area contributed by atoms with Gasteiger partial charge in [0.15, 0.2) is 0 Å². The van der Waals surface area contributed by atoms with Gasteiger partial charge in [0.05, 0.1) is 0 Å². The lowest BCUT2D eigenvalue weighted by Gasteiger charge is -2.06. The molecule has 1 rings (SSSR count). The maximum absolute atomic E-state index is 11.0. The van der Waals surface area contributed by atoms with Crippen molar-refractivity contribution in [3.8, 4) is 0 Å². The highest BCUT2D eigenvalue weighted by Gasteiger charge is 2.07. The first kappa shape index (κ1) is 14.8. The van der Waals surface area contributed by atoms with E-state index in [0.717, 1.165) is 17.5 Å². The Morgan fingerprint density at radius 1 is 1.44 bits per heavy atom. The fraction of sp³-hybridized carbons (Fsp3) is 0.300. The van der Waals surface area contributed by atoms with Crippen LogP contribution >= 0.6 is 8.25 Å². The first-order valence-corrected chi connectivity index (χ1v) is 6.00. The van der Waals surface area contributed by atoms with Crippen LogP contribution in [0.3, 0.4) is 0 Å². The molecule has 6 heteroatoms. The second-order valence-electron chi connectivity index (χ2n) is 3.10. The monoisotopic (exact) mass is 245 g/mol. The van der Waals surface area contributed by atoms with Crippen molar-refractivity contribution in [2.75, 3.05) is 0 Å². The molecule has 4 N–H and O–H groups in total. The van der Waals surface area contributed by atoms with Crippen LogP contribution in [0.4, 0.5) is 0 Å². The first-order chi connectivity index (χ1) is 7.40. The van der Waals surface area contributed by atoms with Crippen molar-refractivity contribution < 1.29 is 19.1 Å². The second kappa shape index (κ2) is 7.17. The second-order valence-corrected chi connectivity index (χ2v) is 3.67. The third kappa shape index (κ3) is 5.07. The molecule has 90 valence electrons. The van der Waals surface area contributed by atoms with Gasteiger partial charge in [-0.25, -0.2) is 0 Å². The lowest BCUT2D eigenvalue weighted by atomic mass is 9.99. The molecule has 16 heavy (non-hydrogen) atoms. The summed E-state index contributed by atoms with van der Waals surface area (Å²) in [4.78, 5) is 25.3. The number of amides is 1. The maximum atomic E-state index is 11.0. The van der Waals surface area contributed by atoms with Crippen molar-refractivity contribution in [1.82, 2.24) is 0 Å². The molecule has 0 spiro atoms. The van der Waals surface area contributed by atoms with Gasteiger partial charge in [-0.3, -0.25) is 9.36 Å². The Bertz CT molecular complexity index is 388. The minimum absolute atomic E-state index is 0.337. The predicted molar refractivity (Wildman–Crippen MR) is 62.5 cm³/mol. The highest BCUT2D eigenvalue weighted by atomic mass is 31.1. The first-order valence-electron chi connectivity index (χ1n) is 4.70. The Hall–Kier alpha value is -1.16. The molecule has 1 aromatic carbocycles. The number of primary amides is 1. The fourth-order valence-electron chi connectivity index (χ4n) is 1.40. The average Bonchev–Trinajstić information content (AvgIpc) is 2.16. The predicted octanol–water partition coefficient (Wildman–Crippen LogP) is 1.02. The van der Waals surface area contributed by atoms with E-state index in [1.807, 2.05) is 26.0 Å². The number of aryl methyl sites for hydroxylation is 1. The summed E-state index contributed by atoms with van der Waals surface area (Å²) in [5.41, 5.74) is 8.06. The molecular formula is C10H16NO4P. The molecule has 0 aliphatic rings. The number of hydrogen-bond donors (Lipinski definition) is 3. The third-order valence-electron chi connectivity index (χ3n) is 2.03. The molecule has 1 amide bonds. The summed E-state index contributed by atoms with van der Waals surface area (Å²) >= 11 is 0. The number of nitrogens with two attached hydrogens (primary N) is 1. The highest BCUT2D eigenvalue weighted by molar-refractivity contribution is 7.30. The number of rotatable bonds is 2. The van der Waals surface area contributed by atoms with Gasteiger partial charge < -0.3 is 15.5 Å². The molecule has 0 unspecified atom stereocenters. The minimum atomic E-state index is -3.13.